The van der Waals surface area contributed by atoms with E-state index in [2.05, 4.69) is 22.0 Å². The lowest BCUT2D eigenvalue weighted by Gasteiger charge is -2.33. The van der Waals surface area contributed by atoms with Gasteiger partial charge >= 0.3 is 0 Å². The molecule has 1 aromatic heterocycles. The number of benzene rings is 1. The molecule has 0 N–H and O–H groups in total. The Morgan fingerprint density at radius 1 is 1.12 bits per heavy atom. The fourth-order valence-electron chi connectivity index (χ4n) is 2.70. The van der Waals surface area contributed by atoms with Crippen LogP contribution in [0.2, 0.25) is 0 Å². The number of hydrogen-bond donors (Lipinski definition) is 0. The fourth-order valence-corrected chi connectivity index (χ4v) is 5.12. The monoisotopic (exact) mass is 382 g/mol. The first kappa shape index (κ1) is 18.1. The maximum Gasteiger partial charge on any atom is 0.243 e. The van der Waals surface area contributed by atoms with Gasteiger partial charge in [-0.25, -0.2) is 8.42 Å². The highest BCUT2D eigenvalue weighted by atomic mass is 32.2. The van der Waals surface area contributed by atoms with Gasteiger partial charge < -0.3 is 9.64 Å². The predicted octanol–water partition coefficient (Wildman–Crippen LogP) is 2.01. The Hall–Kier alpha value is -1.71. The number of sulfonamides is 1. The van der Waals surface area contributed by atoms with Crippen molar-refractivity contribution in [2.45, 2.75) is 24.7 Å². The van der Waals surface area contributed by atoms with Gasteiger partial charge in [0, 0.05) is 32.6 Å². The molecule has 0 radical (unpaired) electrons. The van der Waals surface area contributed by atoms with Gasteiger partial charge in [-0.1, -0.05) is 18.3 Å². The quantitative estimate of drug-likeness (QED) is 0.761. The molecule has 9 heteroatoms. The standard InChI is InChI=1S/C16H22N4O3S2/c1-3-4-15-17-18-16(24-15)19-9-11-20(12-10-19)25(21,22)14-7-5-13(23-2)6-8-14/h5-8H,3-4,9-12H2,1-2H3. The van der Waals surface area contributed by atoms with Crippen molar-refractivity contribution in [2.75, 3.05) is 38.2 Å². The zero-order chi connectivity index (χ0) is 17.9. The molecule has 136 valence electrons. The van der Waals surface area contributed by atoms with Crippen LogP contribution in [-0.2, 0) is 16.4 Å². The minimum Gasteiger partial charge on any atom is -0.497 e. The summed E-state index contributed by atoms with van der Waals surface area (Å²) in [5, 5.41) is 10.3. The number of piperazine rings is 1. The van der Waals surface area contributed by atoms with Crippen LogP contribution in [0.15, 0.2) is 29.2 Å². The molecular formula is C16H22N4O3S2. The molecule has 2 aromatic rings. The van der Waals surface area contributed by atoms with Crippen molar-refractivity contribution in [3.05, 3.63) is 29.3 Å². The van der Waals surface area contributed by atoms with E-state index in [1.54, 1.807) is 42.7 Å². The second-order valence-corrected chi connectivity index (χ2v) is 8.77. The number of hydrogen-bond acceptors (Lipinski definition) is 7. The van der Waals surface area contributed by atoms with Crippen LogP contribution in [0, 0.1) is 0 Å². The van der Waals surface area contributed by atoms with E-state index in [9.17, 15) is 8.42 Å². The van der Waals surface area contributed by atoms with Crippen LogP contribution in [0.25, 0.3) is 0 Å². The third kappa shape index (κ3) is 3.94. The van der Waals surface area contributed by atoms with Crippen molar-refractivity contribution in [1.29, 1.82) is 0 Å². The Labute approximate surface area is 152 Å². The summed E-state index contributed by atoms with van der Waals surface area (Å²) in [6.07, 6.45) is 1.98. The van der Waals surface area contributed by atoms with Crippen LogP contribution in [0.3, 0.4) is 0 Å². The van der Waals surface area contributed by atoms with Gasteiger partial charge in [0.15, 0.2) is 0 Å². The topological polar surface area (TPSA) is 75.6 Å². The number of aryl methyl sites for hydroxylation is 1. The van der Waals surface area contributed by atoms with Crippen molar-refractivity contribution < 1.29 is 13.2 Å². The van der Waals surface area contributed by atoms with Crippen molar-refractivity contribution in [3.63, 3.8) is 0 Å². The van der Waals surface area contributed by atoms with Gasteiger partial charge in [-0.05, 0) is 30.7 Å². The molecule has 0 atom stereocenters. The summed E-state index contributed by atoms with van der Waals surface area (Å²) in [6.45, 7) is 4.24. The third-order valence-electron chi connectivity index (χ3n) is 4.13. The normalized spacial score (nSPS) is 16.2. The lowest BCUT2D eigenvalue weighted by atomic mass is 10.3. The third-order valence-corrected chi connectivity index (χ3v) is 7.08. The van der Waals surface area contributed by atoms with E-state index >= 15 is 0 Å². The molecule has 1 aromatic carbocycles. The van der Waals surface area contributed by atoms with Gasteiger partial charge in [0.25, 0.3) is 0 Å². The largest absolute Gasteiger partial charge is 0.497 e. The van der Waals surface area contributed by atoms with E-state index in [1.807, 2.05) is 0 Å². The van der Waals surface area contributed by atoms with Crippen molar-refractivity contribution in [3.8, 4) is 5.75 Å². The zero-order valence-electron chi connectivity index (χ0n) is 14.4. The second kappa shape index (κ2) is 7.67. The Balaban J connectivity index is 1.65. The predicted molar refractivity (Wildman–Crippen MR) is 97.9 cm³/mol. The van der Waals surface area contributed by atoms with E-state index < -0.39 is 10.0 Å². The summed E-state index contributed by atoms with van der Waals surface area (Å²) in [4.78, 5) is 2.40. The van der Waals surface area contributed by atoms with Crippen LogP contribution in [0.1, 0.15) is 18.4 Å². The molecule has 1 aliphatic rings. The number of aromatic nitrogens is 2. The number of ether oxygens (including phenoxy) is 1. The first-order valence-corrected chi connectivity index (χ1v) is 10.5. The van der Waals surface area contributed by atoms with E-state index in [1.165, 1.54) is 4.31 Å². The fraction of sp³-hybridized carbons (Fsp3) is 0.500. The summed E-state index contributed by atoms with van der Waals surface area (Å²) in [6, 6.07) is 6.50. The maximum atomic E-state index is 12.8. The molecular weight excluding hydrogens is 360 g/mol. The maximum absolute atomic E-state index is 12.8. The summed E-state index contributed by atoms with van der Waals surface area (Å²) in [5.41, 5.74) is 0. The molecule has 0 amide bonds. The number of methoxy groups -OCH3 is 1. The van der Waals surface area contributed by atoms with E-state index in [0.29, 0.717) is 36.8 Å². The number of rotatable bonds is 6. The molecule has 25 heavy (non-hydrogen) atoms. The van der Waals surface area contributed by atoms with E-state index in [0.717, 1.165) is 23.0 Å². The Morgan fingerprint density at radius 2 is 1.80 bits per heavy atom. The number of nitrogens with zero attached hydrogens (tertiary/aromatic N) is 4. The zero-order valence-corrected chi connectivity index (χ0v) is 16.0. The lowest BCUT2D eigenvalue weighted by molar-refractivity contribution is 0.384. The summed E-state index contributed by atoms with van der Waals surface area (Å²) in [7, 11) is -1.92. The highest BCUT2D eigenvalue weighted by Crippen LogP contribution is 2.25. The molecule has 0 bridgehead atoms. The molecule has 7 nitrogen and oxygen atoms in total. The van der Waals surface area contributed by atoms with E-state index in [4.69, 9.17) is 4.74 Å². The molecule has 1 aliphatic heterocycles. The van der Waals surface area contributed by atoms with Crippen LogP contribution < -0.4 is 9.64 Å². The van der Waals surface area contributed by atoms with Crippen molar-refractivity contribution in [1.82, 2.24) is 14.5 Å². The Kier molecular flexibility index (Phi) is 5.55. The van der Waals surface area contributed by atoms with Crippen molar-refractivity contribution in [2.24, 2.45) is 0 Å². The van der Waals surface area contributed by atoms with Gasteiger partial charge in [-0.15, -0.1) is 10.2 Å². The smallest absolute Gasteiger partial charge is 0.243 e. The Bertz CT molecular complexity index is 797. The van der Waals surface area contributed by atoms with Crippen LogP contribution in [0.5, 0.6) is 5.75 Å². The average molecular weight is 383 g/mol. The summed E-state index contributed by atoms with van der Waals surface area (Å²) in [5.74, 6) is 0.642. The molecule has 0 saturated carbocycles. The first-order chi connectivity index (χ1) is 12.0. The molecule has 1 fully saturated rings. The van der Waals surface area contributed by atoms with Crippen LogP contribution in [-0.4, -0.2) is 56.2 Å². The highest BCUT2D eigenvalue weighted by Gasteiger charge is 2.29. The SMILES string of the molecule is CCCc1nnc(N2CCN(S(=O)(=O)c3ccc(OC)cc3)CC2)s1. The minimum atomic E-state index is -3.48. The Morgan fingerprint density at radius 3 is 2.40 bits per heavy atom. The average Bonchev–Trinajstić information content (AvgIpc) is 3.11. The number of anilines is 1. The van der Waals surface area contributed by atoms with Gasteiger partial charge in [0.05, 0.1) is 12.0 Å². The van der Waals surface area contributed by atoms with Crippen molar-refractivity contribution >= 4 is 26.5 Å². The first-order valence-electron chi connectivity index (χ1n) is 8.26. The highest BCUT2D eigenvalue weighted by molar-refractivity contribution is 7.89. The van der Waals surface area contributed by atoms with E-state index in [-0.39, 0.29) is 0 Å². The molecule has 0 aliphatic carbocycles. The molecule has 0 unspecified atom stereocenters. The molecule has 1 saturated heterocycles. The van der Waals surface area contributed by atoms with Gasteiger partial charge in [-0.2, -0.15) is 4.31 Å². The second-order valence-electron chi connectivity index (χ2n) is 5.80. The van der Waals surface area contributed by atoms with Crippen LogP contribution >= 0.6 is 11.3 Å². The van der Waals surface area contributed by atoms with Gasteiger partial charge in [0.1, 0.15) is 10.8 Å². The summed E-state index contributed by atoms with van der Waals surface area (Å²) < 4.78 is 32.1. The molecule has 3 rings (SSSR count). The molecule has 2 heterocycles. The lowest BCUT2D eigenvalue weighted by Crippen LogP contribution is -2.48. The molecule has 0 spiro atoms. The van der Waals surface area contributed by atoms with Gasteiger partial charge in [-0.3, -0.25) is 0 Å². The van der Waals surface area contributed by atoms with Crippen LogP contribution in [0.4, 0.5) is 5.13 Å². The minimum absolute atomic E-state index is 0.294. The summed E-state index contributed by atoms with van der Waals surface area (Å²) >= 11 is 1.60. The van der Waals surface area contributed by atoms with Gasteiger partial charge in [0.2, 0.25) is 15.2 Å².